The summed E-state index contributed by atoms with van der Waals surface area (Å²) < 4.78 is 23.9. The van der Waals surface area contributed by atoms with Crippen LogP contribution in [0, 0.1) is 0 Å². The molecule has 0 spiro atoms. The summed E-state index contributed by atoms with van der Waals surface area (Å²) in [6, 6.07) is 10.2. The number of hydrogen-bond donors (Lipinski definition) is 0. The maximum atomic E-state index is 11.4. The molecule has 4 rings (SSSR count). The Morgan fingerprint density at radius 3 is 2.76 bits per heavy atom. The highest BCUT2D eigenvalue weighted by Gasteiger charge is 2.49. The molecule has 0 saturated carbocycles. The molecule has 3 heterocycles. The Morgan fingerprint density at radius 2 is 1.97 bits per heavy atom. The zero-order valence-corrected chi connectivity index (χ0v) is 16.9. The van der Waals surface area contributed by atoms with Gasteiger partial charge in [-0.2, -0.15) is 0 Å². The van der Waals surface area contributed by atoms with Crippen LogP contribution in [0.3, 0.4) is 0 Å². The number of carbonyl (C=O) groups excluding carboxylic acids is 1. The third-order valence-electron chi connectivity index (χ3n) is 5.31. The van der Waals surface area contributed by atoms with Crippen LogP contribution in [0.1, 0.15) is 38.7 Å². The van der Waals surface area contributed by atoms with Crippen LogP contribution in [0.5, 0.6) is 0 Å². The normalized spacial score (nSPS) is 33.9. The molecule has 1 aromatic carbocycles. The van der Waals surface area contributed by atoms with Gasteiger partial charge >= 0.3 is 5.97 Å². The average Bonchev–Trinajstić information content (AvgIpc) is 3.01. The van der Waals surface area contributed by atoms with Crippen LogP contribution in [-0.2, 0) is 23.7 Å². The van der Waals surface area contributed by atoms with E-state index < -0.39 is 5.79 Å². The molecule has 1 aromatic rings. The predicted molar refractivity (Wildman–Crippen MR) is 110 cm³/mol. The molecule has 0 aromatic heterocycles. The zero-order chi connectivity index (χ0) is 20.3. The molecule has 2 saturated heterocycles. The van der Waals surface area contributed by atoms with Crippen LogP contribution < -0.4 is 0 Å². The lowest BCUT2D eigenvalue weighted by molar-refractivity contribution is -0.151. The Kier molecular flexibility index (Phi) is 5.99. The van der Waals surface area contributed by atoms with Gasteiger partial charge in [-0.25, -0.2) is 4.79 Å². The molecule has 0 amide bonds. The first kappa shape index (κ1) is 20.1. The number of hydrogen-bond acceptors (Lipinski definition) is 5. The highest BCUT2D eigenvalue weighted by molar-refractivity contribution is 5.82. The number of benzene rings is 1. The van der Waals surface area contributed by atoms with Crippen LogP contribution in [0.15, 0.2) is 60.7 Å². The second kappa shape index (κ2) is 8.66. The second-order valence-electron chi connectivity index (χ2n) is 8.14. The summed E-state index contributed by atoms with van der Waals surface area (Å²) in [5.74, 6) is -0.891. The van der Waals surface area contributed by atoms with Gasteiger partial charge in [-0.15, -0.1) is 0 Å². The van der Waals surface area contributed by atoms with Crippen LogP contribution in [0.2, 0.25) is 0 Å². The van der Waals surface area contributed by atoms with E-state index in [0.717, 1.165) is 18.4 Å². The van der Waals surface area contributed by atoms with Crippen molar-refractivity contribution in [2.24, 2.45) is 0 Å². The molecule has 5 atom stereocenters. The predicted octanol–water partition coefficient (Wildman–Crippen LogP) is 4.20. The number of fused-ring (bicyclic) bond motifs is 1. The van der Waals surface area contributed by atoms with Gasteiger partial charge in [0.1, 0.15) is 18.3 Å². The van der Waals surface area contributed by atoms with E-state index in [2.05, 4.69) is 24.3 Å². The van der Waals surface area contributed by atoms with E-state index in [4.69, 9.17) is 18.9 Å². The maximum Gasteiger partial charge on any atom is 0.331 e. The maximum absolute atomic E-state index is 11.4. The lowest BCUT2D eigenvalue weighted by Crippen LogP contribution is -2.45. The molecular weight excluding hydrogens is 368 g/mol. The third-order valence-corrected chi connectivity index (χ3v) is 5.31. The first-order valence-electron chi connectivity index (χ1n) is 10.3. The van der Waals surface area contributed by atoms with Crippen LogP contribution in [0.25, 0.3) is 6.08 Å². The first-order chi connectivity index (χ1) is 14.0. The van der Waals surface area contributed by atoms with Gasteiger partial charge < -0.3 is 18.9 Å². The van der Waals surface area contributed by atoms with Crippen molar-refractivity contribution in [3.63, 3.8) is 0 Å². The third kappa shape index (κ3) is 5.24. The van der Waals surface area contributed by atoms with Crippen molar-refractivity contribution >= 4 is 12.0 Å². The van der Waals surface area contributed by atoms with E-state index in [1.165, 1.54) is 6.08 Å². The number of cyclic esters (lactones) is 1. The molecule has 0 N–H and O–H groups in total. The molecule has 5 nitrogen and oxygen atoms in total. The van der Waals surface area contributed by atoms with E-state index in [1.54, 1.807) is 0 Å². The summed E-state index contributed by atoms with van der Waals surface area (Å²) >= 11 is 0. The van der Waals surface area contributed by atoms with E-state index in [0.29, 0.717) is 6.42 Å². The molecule has 0 unspecified atom stereocenters. The number of rotatable bonds is 5. The Labute approximate surface area is 172 Å². The van der Waals surface area contributed by atoms with Gasteiger partial charge in [0.2, 0.25) is 0 Å². The highest BCUT2D eigenvalue weighted by atomic mass is 16.8. The van der Waals surface area contributed by atoms with Gasteiger partial charge in [-0.1, -0.05) is 54.6 Å². The SMILES string of the molecule is CC1(C)O[C@H]2[C@H](/C=C/c3ccccc3)O[C@@H](C/C=C/[C@H]3CC=CC(=O)O3)C[C@H]2O1. The topological polar surface area (TPSA) is 54.0 Å². The number of esters is 1. The van der Waals surface area contributed by atoms with Crippen molar-refractivity contribution in [1.82, 2.24) is 0 Å². The number of carbonyl (C=O) groups is 1. The minimum absolute atomic E-state index is 0.00184. The van der Waals surface area contributed by atoms with Crippen molar-refractivity contribution in [2.75, 3.05) is 0 Å². The van der Waals surface area contributed by atoms with Gasteiger partial charge in [0.15, 0.2) is 5.79 Å². The zero-order valence-electron chi connectivity index (χ0n) is 16.9. The molecule has 29 heavy (non-hydrogen) atoms. The minimum atomic E-state index is -0.606. The first-order valence-corrected chi connectivity index (χ1v) is 10.3. The fourth-order valence-electron chi connectivity index (χ4n) is 4.05. The summed E-state index contributed by atoms with van der Waals surface area (Å²) in [5.41, 5.74) is 1.13. The summed E-state index contributed by atoms with van der Waals surface area (Å²) in [7, 11) is 0. The monoisotopic (exact) mass is 396 g/mol. The molecule has 2 fully saturated rings. The quantitative estimate of drug-likeness (QED) is 0.552. The fraction of sp³-hybridized carbons (Fsp3) is 0.458. The molecule has 0 bridgehead atoms. The van der Waals surface area contributed by atoms with Crippen LogP contribution in [-0.4, -0.2) is 42.3 Å². The summed E-state index contributed by atoms with van der Waals surface area (Å²) in [5, 5.41) is 0. The van der Waals surface area contributed by atoms with E-state index >= 15 is 0 Å². The fourth-order valence-corrected chi connectivity index (χ4v) is 4.05. The smallest absolute Gasteiger partial charge is 0.331 e. The summed E-state index contributed by atoms with van der Waals surface area (Å²) in [6.07, 6.45) is 13.2. The molecule has 3 aliphatic heterocycles. The average molecular weight is 396 g/mol. The largest absolute Gasteiger partial charge is 0.455 e. The molecule has 0 aliphatic carbocycles. The van der Waals surface area contributed by atoms with Crippen molar-refractivity contribution in [2.45, 2.75) is 69.4 Å². The van der Waals surface area contributed by atoms with Gasteiger partial charge in [-0.3, -0.25) is 0 Å². The molecule has 3 aliphatic rings. The molecule has 154 valence electrons. The number of ether oxygens (including phenoxy) is 4. The van der Waals surface area contributed by atoms with Gasteiger partial charge in [-0.05, 0) is 31.9 Å². The van der Waals surface area contributed by atoms with E-state index in [-0.39, 0.29) is 36.5 Å². The summed E-state index contributed by atoms with van der Waals surface area (Å²) in [4.78, 5) is 11.4. The molecule has 0 radical (unpaired) electrons. The minimum Gasteiger partial charge on any atom is -0.455 e. The van der Waals surface area contributed by atoms with Crippen LogP contribution >= 0.6 is 0 Å². The Hall–Kier alpha value is -2.21. The van der Waals surface area contributed by atoms with E-state index in [1.807, 2.05) is 50.3 Å². The van der Waals surface area contributed by atoms with Gasteiger partial charge in [0.25, 0.3) is 0 Å². The van der Waals surface area contributed by atoms with Crippen LogP contribution in [0.4, 0.5) is 0 Å². The van der Waals surface area contributed by atoms with Crippen molar-refractivity contribution in [3.8, 4) is 0 Å². The summed E-state index contributed by atoms with van der Waals surface area (Å²) in [6.45, 7) is 3.90. The molecular formula is C24H28O5. The molecule has 5 heteroatoms. The van der Waals surface area contributed by atoms with Crippen molar-refractivity contribution < 1.29 is 23.7 Å². The van der Waals surface area contributed by atoms with E-state index in [9.17, 15) is 4.79 Å². The Bertz CT molecular complexity index is 795. The van der Waals surface area contributed by atoms with Crippen molar-refractivity contribution in [1.29, 1.82) is 0 Å². The lowest BCUT2D eigenvalue weighted by Gasteiger charge is -2.35. The Morgan fingerprint density at radius 1 is 1.14 bits per heavy atom. The van der Waals surface area contributed by atoms with Gasteiger partial charge in [0, 0.05) is 18.9 Å². The second-order valence-corrected chi connectivity index (χ2v) is 8.14. The lowest BCUT2D eigenvalue weighted by atomic mass is 9.95. The van der Waals surface area contributed by atoms with Gasteiger partial charge in [0.05, 0.1) is 12.2 Å². The standard InChI is InChI=1S/C24H28O5/c1-24(2)28-21-16-19(12-6-10-18-11-7-13-22(25)27-18)26-20(23(21)29-24)15-14-17-8-4-3-5-9-17/h3-10,13-15,18-21,23H,11-12,16H2,1-2H3/b10-6+,15-14+/t18-,19-,20-,21+,23-/m0/s1. The highest BCUT2D eigenvalue weighted by Crippen LogP contribution is 2.38. The Balaban J connectivity index is 1.42. The van der Waals surface area contributed by atoms with Crippen molar-refractivity contribution in [3.05, 3.63) is 66.3 Å².